The van der Waals surface area contributed by atoms with E-state index in [1.165, 1.54) is 4.90 Å². The van der Waals surface area contributed by atoms with Gasteiger partial charge in [0.25, 0.3) is 0 Å². The highest BCUT2D eigenvalue weighted by molar-refractivity contribution is 5.96. The van der Waals surface area contributed by atoms with Gasteiger partial charge in [-0.05, 0) is 50.6 Å². The van der Waals surface area contributed by atoms with Crippen molar-refractivity contribution in [3.63, 3.8) is 0 Å². The maximum Gasteiger partial charge on any atom is 0.321 e. The Labute approximate surface area is 268 Å². The molecule has 244 valence electrons. The molecule has 0 spiro atoms. The van der Waals surface area contributed by atoms with Crippen LogP contribution in [-0.4, -0.2) is 81.4 Å². The number of likely N-dealkylation sites (N-methyl/N-ethyl adjacent to an activating group) is 1. The molecule has 0 bridgehead atoms. The molecule has 12 nitrogen and oxygen atoms in total. The lowest BCUT2D eigenvalue weighted by Crippen LogP contribution is -2.48. The van der Waals surface area contributed by atoms with Gasteiger partial charge in [0.05, 0.1) is 32.0 Å². The van der Waals surface area contributed by atoms with Crippen molar-refractivity contribution < 1.29 is 28.8 Å². The third-order valence-electron chi connectivity index (χ3n) is 8.60. The second-order valence-corrected chi connectivity index (χ2v) is 12.2. The Morgan fingerprint density at radius 3 is 2.65 bits per heavy atom. The van der Waals surface area contributed by atoms with Crippen LogP contribution in [0.4, 0.5) is 16.2 Å². The van der Waals surface area contributed by atoms with Gasteiger partial charge in [0.15, 0.2) is 5.76 Å². The Hall–Kier alpha value is -4.84. The van der Waals surface area contributed by atoms with E-state index in [-0.39, 0.29) is 49.8 Å². The van der Waals surface area contributed by atoms with E-state index in [0.29, 0.717) is 40.7 Å². The third kappa shape index (κ3) is 7.02. The van der Waals surface area contributed by atoms with Gasteiger partial charge in [0.2, 0.25) is 11.8 Å². The van der Waals surface area contributed by atoms with Crippen LogP contribution in [0.5, 0.6) is 5.75 Å². The van der Waals surface area contributed by atoms with Crippen molar-refractivity contribution in [2.24, 2.45) is 13.0 Å². The molecule has 2 aromatic carbocycles. The molecule has 3 N–H and O–H groups in total. The Morgan fingerprint density at radius 2 is 1.93 bits per heavy atom. The summed E-state index contributed by atoms with van der Waals surface area (Å²) in [4.78, 5) is 43.1. The number of nitrogens with zero attached hydrogens (tertiary/aromatic N) is 4. The number of carbonyl (C=O) groups is 3. The lowest BCUT2D eigenvalue weighted by Gasteiger charge is -2.34. The SMILES string of the molecule is Cc1noc(C)c1NC(=O)N(C)C[C@@H]1Oc2ccc(NC(=O)Cc3cn(C)c4ccccc34)cc2CC(=O)N([C@@H](C)CO)C[C@H]1C. The monoisotopic (exact) mass is 630 g/mol. The molecule has 4 aromatic rings. The van der Waals surface area contributed by atoms with Crippen LogP contribution in [0.3, 0.4) is 0 Å². The molecule has 0 unspecified atom stereocenters. The molecule has 0 aliphatic carbocycles. The number of urea groups is 1. The van der Waals surface area contributed by atoms with E-state index in [2.05, 4.69) is 15.8 Å². The zero-order chi connectivity index (χ0) is 33.1. The van der Waals surface area contributed by atoms with Crippen molar-refractivity contribution in [2.45, 2.75) is 52.7 Å². The second-order valence-electron chi connectivity index (χ2n) is 12.2. The molecule has 0 saturated heterocycles. The Kier molecular flexibility index (Phi) is 9.66. The van der Waals surface area contributed by atoms with Crippen LogP contribution in [0, 0.1) is 19.8 Å². The fourth-order valence-corrected chi connectivity index (χ4v) is 5.89. The summed E-state index contributed by atoms with van der Waals surface area (Å²) in [6, 6.07) is 12.4. The predicted molar refractivity (Wildman–Crippen MR) is 175 cm³/mol. The zero-order valence-electron chi connectivity index (χ0n) is 27.2. The highest BCUT2D eigenvalue weighted by Crippen LogP contribution is 2.30. The molecule has 5 rings (SSSR count). The molecule has 12 heteroatoms. The average molecular weight is 631 g/mol. The molecule has 3 atom stereocenters. The summed E-state index contributed by atoms with van der Waals surface area (Å²) in [5.74, 6) is 0.461. The number of aliphatic hydroxyl groups is 1. The topological polar surface area (TPSA) is 142 Å². The summed E-state index contributed by atoms with van der Waals surface area (Å²) >= 11 is 0. The number of para-hydroxylation sites is 1. The number of benzene rings is 2. The first-order valence-electron chi connectivity index (χ1n) is 15.4. The fourth-order valence-electron chi connectivity index (χ4n) is 5.89. The molecule has 3 heterocycles. The van der Waals surface area contributed by atoms with E-state index in [0.717, 1.165) is 16.5 Å². The molecule has 4 amide bonds. The highest BCUT2D eigenvalue weighted by Gasteiger charge is 2.32. The predicted octanol–water partition coefficient (Wildman–Crippen LogP) is 4.28. The van der Waals surface area contributed by atoms with Crippen molar-refractivity contribution in [2.75, 3.05) is 37.4 Å². The molecule has 1 aliphatic rings. The van der Waals surface area contributed by atoms with Crippen molar-refractivity contribution in [1.82, 2.24) is 19.5 Å². The number of carbonyl (C=O) groups excluding carboxylic acids is 3. The zero-order valence-corrected chi connectivity index (χ0v) is 27.2. The number of rotatable bonds is 8. The van der Waals surface area contributed by atoms with E-state index in [9.17, 15) is 19.5 Å². The van der Waals surface area contributed by atoms with Crippen LogP contribution in [0.1, 0.15) is 36.4 Å². The number of nitrogens with one attached hydrogen (secondary N) is 2. The second kappa shape index (κ2) is 13.7. The van der Waals surface area contributed by atoms with Crippen LogP contribution >= 0.6 is 0 Å². The van der Waals surface area contributed by atoms with E-state index in [1.807, 2.05) is 49.0 Å². The number of fused-ring (bicyclic) bond motifs is 2. The molecule has 0 fully saturated rings. The van der Waals surface area contributed by atoms with Gasteiger partial charge in [0.1, 0.15) is 23.2 Å². The van der Waals surface area contributed by atoms with Crippen LogP contribution in [0.25, 0.3) is 10.9 Å². The van der Waals surface area contributed by atoms with Gasteiger partial charge < -0.3 is 39.4 Å². The van der Waals surface area contributed by atoms with Crippen molar-refractivity contribution in [3.05, 3.63) is 71.2 Å². The molecule has 0 saturated carbocycles. The summed E-state index contributed by atoms with van der Waals surface area (Å²) in [5, 5.41) is 20.7. The van der Waals surface area contributed by atoms with Crippen LogP contribution in [0.15, 0.2) is 53.2 Å². The summed E-state index contributed by atoms with van der Waals surface area (Å²) in [5.41, 5.74) is 4.22. The lowest BCUT2D eigenvalue weighted by molar-refractivity contribution is -0.134. The van der Waals surface area contributed by atoms with Crippen LogP contribution in [0.2, 0.25) is 0 Å². The van der Waals surface area contributed by atoms with Crippen molar-refractivity contribution >= 4 is 40.1 Å². The maximum atomic E-state index is 13.6. The van der Waals surface area contributed by atoms with E-state index in [1.54, 1.807) is 50.9 Å². The minimum absolute atomic E-state index is 0.0223. The van der Waals surface area contributed by atoms with Gasteiger partial charge in [-0.2, -0.15) is 0 Å². The number of amides is 4. The van der Waals surface area contributed by atoms with Gasteiger partial charge >= 0.3 is 6.03 Å². The number of hydrogen-bond donors (Lipinski definition) is 3. The smallest absolute Gasteiger partial charge is 0.321 e. The Morgan fingerprint density at radius 1 is 1.17 bits per heavy atom. The first-order valence-corrected chi connectivity index (χ1v) is 15.4. The minimum atomic E-state index is -0.495. The molecule has 1 aliphatic heterocycles. The summed E-state index contributed by atoms with van der Waals surface area (Å²) in [6.07, 6.45) is 1.68. The van der Waals surface area contributed by atoms with Crippen LogP contribution in [-0.2, 0) is 29.5 Å². The molecular weight excluding hydrogens is 588 g/mol. The van der Waals surface area contributed by atoms with Gasteiger partial charge in [0, 0.05) is 54.9 Å². The number of aliphatic hydroxyl groups excluding tert-OH is 1. The van der Waals surface area contributed by atoms with Crippen molar-refractivity contribution in [3.8, 4) is 5.75 Å². The minimum Gasteiger partial charge on any atom is -0.488 e. The van der Waals surface area contributed by atoms with E-state index >= 15 is 0 Å². The van der Waals surface area contributed by atoms with Gasteiger partial charge in [-0.15, -0.1) is 0 Å². The lowest BCUT2D eigenvalue weighted by atomic mass is 10.0. The summed E-state index contributed by atoms with van der Waals surface area (Å²) in [6.45, 7) is 7.59. The molecular formula is C34H42N6O6. The Bertz CT molecular complexity index is 1730. The first kappa shape index (κ1) is 32.6. The molecule has 2 aromatic heterocycles. The Balaban J connectivity index is 1.37. The average Bonchev–Trinajstić information content (AvgIpc) is 3.53. The molecule has 0 radical (unpaired) electrons. The van der Waals surface area contributed by atoms with Gasteiger partial charge in [-0.3, -0.25) is 9.59 Å². The first-order chi connectivity index (χ1) is 21.9. The van der Waals surface area contributed by atoms with Gasteiger partial charge in [-0.25, -0.2) is 4.79 Å². The van der Waals surface area contributed by atoms with Crippen molar-refractivity contribution in [1.29, 1.82) is 0 Å². The largest absolute Gasteiger partial charge is 0.488 e. The van der Waals surface area contributed by atoms with Crippen LogP contribution < -0.4 is 15.4 Å². The standard InChI is InChI=1S/C34H42N6O6/c1-20-16-40(21(2)19-41)32(43)15-24-13-26(35-31(42)14-25-17-38(5)28-10-8-7-9-27(25)28)11-12-29(24)45-30(20)18-39(6)34(44)36-33-22(3)37-46-23(33)4/h7-13,17,20-21,30,41H,14-16,18-19H2,1-6H3,(H,35,42)(H,36,44)/t20-,21+,30+/m1/s1. The normalized spacial score (nSPS) is 17.4. The fraction of sp³-hybridized carbons (Fsp3) is 0.412. The summed E-state index contributed by atoms with van der Waals surface area (Å²) < 4.78 is 13.7. The number of aromatic nitrogens is 2. The number of anilines is 2. The summed E-state index contributed by atoms with van der Waals surface area (Å²) in [7, 11) is 3.63. The van der Waals surface area contributed by atoms with E-state index < -0.39 is 12.1 Å². The third-order valence-corrected chi connectivity index (χ3v) is 8.60. The number of hydrogen-bond acceptors (Lipinski definition) is 7. The number of aryl methyl sites for hydroxylation is 3. The molecule has 46 heavy (non-hydrogen) atoms. The van der Waals surface area contributed by atoms with Gasteiger partial charge in [-0.1, -0.05) is 30.3 Å². The highest BCUT2D eigenvalue weighted by atomic mass is 16.5. The quantitative estimate of drug-likeness (QED) is 0.264. The number of ether oxygens (including phenoxy) is 1. The maximum absolute atomic E-state index is 13.6. The van der Waals surface area contributed by atoms with E-state index in [4.69, 9.17) is 9.26 Å².